The molecule has 1 aliphatic rings. The van der Waals surface area contributed by atoms with E-state index >= 15 is 0 Å². The number of carbonyl (C=O) groups excluding carboxylic acids is 2. The largest absolute Gasteiger partial charge is 0.493 e. The van der Waals surface area contributed by atoms with Gasteiger partial charge in [-0.1, -0.05) is 11.6 Å². The maximum Gasteiger partial charge on any atom is 0.186 e. The molecule has 2 aromatic carbocycles. The van der Waals surface area contributed by atoms with Crippen LogP contribution in [0.5, 0.6) is 11.5 Å². The van der Waals surface area contributed by atoms with Crippen molar-refractivity contribution in [2.24, 2.45) is 0 Å². The molecule has 0 fully saturated rings. The predicted molar refractivity (Wildman–Crippen MR) is 146 cm³/mol. The van der Waals surface area contributed by atoms with Crippen LogP contribution in [0.3, 0.4) is 0 Å². The van der Waals surface area contributed by atoms with Crippen LogP contribution in [0, 0.1) is 0 Å². The van der Waals surface area contributed by atoms with Gasteiger partial charge in [-0.15, -0.1) is 0 Å². The minimum Gasteiger partial charge on any atom is -0.493 e. The number of halogens is 1. The number of nitrogens with zero attached hydrogens (tertiary/aromatic N) is 3. The highest BCUT2D eigenvalue weighted by molar-refractivity contribution is 6.39. The summed E-state index contributed by atoms with van der Waals surface area (Å²) < 4.78 is 11.6. The lowest BCUT2D eigenvalue weighted by atomic mass is 9.96. The molecule has 0 saturated carbocycles. The monoisotopic (exact) mass is 526 g/mol. The quantitative estimate of drug-likeness (QED) is 0.224. The summed E-state index contributed by atoms with van der Waals surface area (Å²) in [5, 5.41) is 4.35. The molecule has 0 bridgehead atoms. The van der Waals surface area contributed by atoms with Gasteiger partial charge in [0, 0.05) is 45.7 Å². The second-order valence-electron chi connectivity index (χ2n) is 8.53. The maximum absolute atomic E-state index is 12.4. The third-order valence-electron chi connectivity index (χ3n) is 6.01. The topological polar surface area (TPSA) is 103 Å². The van der Waals surface area contributed by atoms with Crippen molar-refractivity contribution in [3.05, 3.63) is 95.6 Å². The number of aromatic nitrogens is 3. The number of hydrogen-bond donors (Lipinski definition) is 1. The molecule has 0 aliphatic heterocycles. The fraction of sp³-hybridized carbons (Fsp3) is 0.138. The van der Waals surface area contributed by atoms with E-state index in [4.69, 9.17) is 21.1 Å². The van der Waals surface area contributed by atoms with E-state index in [1.54, 1.807) is 37.7 Å². The number of anilines is 2. The molecule has 9 heteroatoms. The molecular formula is C29H23ClN4O4. The normalized spacial score (nSPS) is 12.9. The van der Waals surface area contributed by atoms with E-state index in [0.29, 0.717) is 45.7 Å². The zero-order valence-corrected chi connectivity index (χ0v) is 21.2. The Morgan fingerprint density at radius 2 is 1.82 bits per heavy atom. The molecule has 0 atom stereocenters. The van der Waals surface area contributed by atoms with E-state index in [2.05, 4.69) is 20.3 Å². The fourth-order valence-corrected chi connectivity index (χ4v) is 4.33. The first kappa shape index (κ1) is 25.1. The molecule has 8 nitrogen and oxygen atoms in total. The van der Waals surface area contributed by atoms with Gasteiger partial charge in [0.15, 0.2) is 23.1 Å². The van der Waals surface area contributed by atoms with Crippen molar-refractivity contribution in [1.82, 2.24) is 15.0 Å². The van der Waals surface area contributed by atoms with Crippen LogP contribution in [0.25, 0.3) is 16.5 Å². The molecule has 0 radical (unpaired) electrons. The van der Waals surface area contributed by atoms with Gasteiger partial charge in [-0.2, -0.15) is 0 Å². The van der Waals surface area contributed by atoms with Crippen molar-refractivity contribution in [2.45, 2.75) is 12.8 Å². The van der Waals surface area contributed by atoms with Crippen molar-refractivity contribution < 1.29 is 19.1 Å². The van der Waals surface area contributed by atoms with E-state index in [1.165, 1.54) is 30.1 Å². The average Bonchev–Trinajstić information content (AvgIpc) is 2.94. The van der Waals surface area contributed by atoms with Crippen LogP contribution in [0.15, 0.2) is 79.4 Å². The molecule has 190 valence electrons. The molecule has 5 rings (SSSR count). The Labute approximate surface area is 224 Å². The highest BCUT2D eigenvalue weighted by Gasteiger charge is 2.19. The molecule has 1 N–H and O–H groups in total. The van der Waals surface area contributed by atoms with Gasteiger partial charge >= 0.3 is 0 Å². The van der Waals surface area contributed by atoms with Crippen molar-refractivity contribution in [2.75, 3.05) is 19.0 Å². The number of carbonyl (C=O) groups is 2. The van der Waals surface area contributed by atoms with E-state index in [9.17, 15) is 9.59 Å². The molecule has 2 heterocycles. The maximum atomic E-state index is 12.4. The number of aryl methyl sites for hydroxylation is 1. The van der Waals surface area contributed by atoms with Crippen molar-refractivity contribution >= 4 is 51.1 Å². The first-order valence-corrected chi connectivity index (χ1v) is 12.3. The number of rotatable bonds is 9. The number of hydrogen-bond acceptors (Lipinski definition) is 8. The van der Waals surface area contributed by atoms with Crippen molar-refractivity contribution in [3.63, 3.8) is 0 Å². The lowest BCUT2D eigenvalue weighted by molar-refractivity contribution is -0.113. The zero-order valence-electron chi connectivity index (χ0n) is 20.5. The minimum atomic E-state index is -0.283. The van der Waals surface area contributed by atoms with Crippen LogP contribution in [0.2, 0.25) is 5.02 Å². The Hall–Kier alpha value is -4.56. The number of allylic oxidation sites excluding steroid dienone is 4. The fourth-order valence-electron chi connectivity index (χ4n) is 4.11. The number of methoxy groups -OCH3 is 1. The Morgan fingerprint density at radius 3 is 2.63 bits per heavy atom. The molecule has 4 aromatic rings. The number of fused-ring (bicyclic) bond motifs is 1. The summed E-state index contributed by atoms with van der Waals surface area (Å²) in [6.07, 6.45) is 10.5. The van der Waals surface area contributed by atoms with E-state index in [0.717, 1.165) is 18.2 Å². The van der Waals surface area contributed by atoms with Crippen molar-refractivity contribution in [1.29, 1.82) is 0 Å². The first-order chi connectivity index (χ1) is 18.5. The number of nitrogens with one attached hydrogen (secondary N) is 1. The van der Waals surface area contributed by atoms with E-state index in [1.807, 2.05) is 24.3 Å². The molecule has 38 heavy (non-hydrogen) atoms. The lowest BCUT2D eigenvalue weighted by Gasteiger charge is -2.15. The lowest BCUT2D eigenvalue weighted by Crippen LogP contribution is -2.07. The Balaban J connectivity index is 1.38. The number of ether oxygens (including phenoxy) is 2. The van der Waals surface area contributed by atoms with Gasteiger partial charge in [0.1, 0.15) is 12.1 Å². The summed E-state index contributed by atoms with van der Waals surface area (Å²) in [5.74, 6) is 1.13. The molecule has 0 unspecified atom stereocenters. The predicted octanol–water partition coefficient (Wildman–Crippen LogP) is 5.53. The molecule has 2 aromatic heterocycles. The van der Waals surface area contributed by atoms with Gasteiger partial charge in [0.25, 0.3) is 0 Å². The van der Waals surface area contributed by atoms with E-state index < -0.39 is 0 Å². The smallest absolute Gasteiger partial charge is 0.186 e. The molecular weight excluding hydrogens is 504 g/mol. The average molecular weight is 527 g/mol. The molecule has 0 saturated heterocycles. The number of ketones is 2. The van der Waals surface area contributed by atoms with Gasteiger partial charge in [-0.3, -0.25) is 14.6 Å². The molecule has 0 amide bonds. The van der Waals surface area contributed by atoms with Crippen LogP contribution in [0.1, 0.15) is 17.5 Å². The second kappa shape index (κ2) is 11.2. The van der Waals surface area contributed by atoms with Gasteiger partial charge in [-0.05, 0) is 73.0 Å². The Kier molecular flexibility index (Phi) is 7.42. The van der Waals surface area contributed by atoms with E-state index in [-0.39, 0.29) is 17.1 Å². The highest BCUT2D eigenvalue weighted by Crippen LogP contribution is 2.36. The van der Waals surface area contributed by atoms with Crippen LogP contribution in [-0.4, -0.2) is 40.2 Å². The van der Waals surface area contributed by atoms with Crippen LogP contribution >= 0.6 is 11.6 Å². The summed E-state index contributed by atoms with van der Waals surface area (Å²) >= 11 is 6.37. The third kappa shape index (κ3) is 5.55. The summed E-state index contributed by atoms with van der Waals surface area (Å²) in [6, 6.07) is 12.8. The SMILES string of the molecule is COc1cc2c(Nc3ccc(Cl)c(C4=CC(=O)C=CC4=O)c3)ncnc2cc1OCCCc1ccncc1. The van der Waals surface area contributed by atoms with Crippen LogP contribution in [-0.2, 0) is 16.0 Å². The minimum absolute atomic E-state index is 0.242. The molecule has 0 spiro atoms. The first-order valence-electron chi connectivity index (χ1n) is 11.9. The van der Waals surface area contributed by atoms with Gasteiger partial charge in [0.2, 0.25) is 0 Å². The third-order valence-corrected chi connectivity index (χ3v) is 6.34. The second-order valence-corrected chi connectivity index (χ2v) is 8.93. The summed E-state index contributed by atoms with van der Waals surface area (Å²) in [5.41, 5.74) is 3.21. The van der Waals surface area contributed by atoms with Gasteiger partial charge in [-0.25, -0.2) is 9.97 Å². The highest BCUT2D eigenvalue weighted by atomic mass is 35.5. The van der Waals surface area contributed by atoms with Gasteiger partial charge in [0.05, 0.1) is 19.2 Å². The number of benzene rings is 2. The Morgan fingerprint density at radius 1 is 0.974 bits per heavy atom. The van der Waals surface area contributed by atoms with Crippen LogP contribution in [0.4, 0.5) is 11.5 Å². The molecule has 1 aliphatic carbocycles. The summed E-state index contributed by atoms with van der Waals surface area (Å²) in [7, 11) is 1.58. The zero-order chi connectivity index (χ0) is 26.5. The van der Waals surface area contributed by atoms with Crippen LogP contribution < -0.4 is 14.8 Å². The summed E-state index contributed by atoms with van der Waals surface area (Å²) in [6.45, 7) is 0.514. The van der Waals surface area contributed by atoms with Crippen molar-refractivity contribution in [3.8, 4) is 11.5 Å². The Bertz CT molecular complexity index is 1580. The standard InChI is InChI=1S/C29H23ClN4O4/c1-37-27-15-23-25(16-28(27)38-12-2-3-18-8-10-31-11-9-18)32-17-33-29(23)34-19-4-6-24(30)21(13-19)22-14-20(35)5-7-26(22)36/h4-11,13-17H,2-3,12H2,1H3,(H,32,33,34). The number of pyridine rings is 1. The van der Waals surface area contributed by atoms with Gasteiger partial charge < -0.3 is 14.8 Å². The summed E-state index contributed by atoms with van der Waals surface area (Å²) in [4.78, 5) is 37.1.